The summed E-state index contributed by atoms with van der Waals surface area (Å²) in [4.78, 5) is 28.3. The SMILES string of the molecule is COCCCn1c(=S)[nH]c2cc(C(=O)NC(C)CCCC(C)C)ccc2c1=O. The first kappa shape index (κ1) is 22.3. The minimum absolute atomic E-state index is 0.106. The molecule has 0 saturated carbocycles. The third-order valence-electron chi connectivity index (χ3n) is 4.77. The van der Waals surface area contributed by atoms with E-state index in [1.165, 1.54) is 4.57 Å². The monoisotopic (exact) mass is 405 g/mol. The maximum Gasteiger partial charge on any atom is 0.262 e. The average Bonchev–Trinajstić information content (AvgIpc) is 2.63. The highest BCUT2D eigenvalue weighted by Gasteiger charge is 2.13. The number of hydrogen-bond acceptors (Lipinski definition) is 4. The van der Waals surface area contributed by atoms with Crippen molar-refractivity contribution in [2.45, 2.75) is 59.0 Å². The number of aromatic nitrogens is 2. The van der Waals surface area contributed by atoms with Crippen LogP contribution in [-0.4, -0.2) is 35.2 Å². The van der Waals surface area contributed by atoms with E-state index >= 15 is 0 Å². The van der Waals surface area contributed by atoms with Crippen LogP contribution >= 0.6 is 12.2 Å². The lowest BCUT2D eigenvalue weighted by Gasteiger charge is -2.15. The van der Waals surface area contributed by atoms with Crippen LogP contribution in [0, 0.1) is 10.7 Å². The number of amides is 1. The molecule has 1 aromatic carbocycles. The zero-order valence-corrected chi connectivity index (χ0v) is 18.0. The number of carbonyl (C=O) groups excluding carboxylic acids is 1. The fraction of sp³-hybridized carbons (Fsp3) is 0.571. The lowest BCUT2D eigenvalue weighted by molar-refractivity contribution is 0.0938. The van der Waals surface area contributed by atoms with Crippen LogP contribution in [0.15, 0.2) is 23.0 Å². The number of rotatable bonds is 10. The molecule has 28 heavy (non-hydrogen) atoms. The molecule has 2 rings (SSSR count). The summed E-state index contributed by atoms with van der Waals surface area (Å²) in [6.07, 6.45) is 3.90. The zero-order chi connectivity index (χ0) is 20.7. The molecule has 0 aliphatic heterocycles. The molecule has 6 nitrogen and oxygen atoms in total. The Morgan fingerprint density at radius 2 is 2.00 bits per heavy atom. The van der Waals surface area contributed by atoms with Crippen molar-refractivity contribution < 1.29 is 9.53 Å². The van der Waals surface area contributed by atoms with Crippen LogP contribution in [0.25, 0.3) is 10.9 Å². The van der Waals surface area contributed by atoms with Gasteiger partial charge in [-0.15, -0.1) is 0 Å². The van der Waals surface area contributed by atoms with E-state index in [-0.39, 0.29) is 17.5 Å². The average molecular weight is 406 g/mol. The number of H-pyrrole nitrogens is 1. The maximum atomic E-state index is 12.7. The molecule has 1 heterocycles. The molecule has 0 fully saturated rings. The van der Waals surface area contributed by atoms with E-state index in [1.54, 1.807) is 25.3 Å². The number of nitrogens with zero attached hydrogens (tertiary/aromatic N) is 1. The molecule has 1 atom stereocenters. The molecular weight excluding hydrogens is 374 g/mol. The summed E-state index contributed by atoms with van der Waals surface area (Å²) in [5.74, 6) is 0.535. The number of methoxy groups -OCH3 is 1. The summed E-state index contributed by atoms with van der Waals surface area (Å²) >= 11 is 5.33. The van der Waals surface area contributed by atoms with Crippen molar-refractivity contribution in [2.24, 2.45) is 5.92 Å². The van der Waals surface area contributed by atoms with E-state index < -0.39 is 0 Å². The third-order valence-corrected chi connectivity index (χ3v) is 5.09. The van der Waals surface area contributed by atoms with Gasteiger partial charge in [-0.05, 0) is 56.1 Å². The van der Waals surface area contributed by atoms with Gasteiger partial charge in [-0.3, -0.25) is 14.2 Å². The Morgan fingerprint density at radius 3 is 2.68 bits per heavy atom. The van der Waals surface area contributed by atoms with Gasteiger partial charge in [-0.25, -0.2) is 0 Å². The van der Waals surface area contributed by atoms with E-state index in [1.807, 2.05) is 6.92 Å². The van der Waals surface area contributed by atoms with Gasteiger partial charge in [0.15, 0.2) is 4.77 Å². The second-order valence-electron chi connectivity index (χ2n) is 7.69. The first-order chi connectivity index (χ1) is 13.3. The second-order valence-corrected chi connectivity index (χ2v) is 8.08. The fourth-order valence-corrected chi connectivity index (χ4v) is 3.46. The molecule has 0 spiro atoms. The Bertz CT molecular complexity index is 917. The van der Waals surface area contributed by atoms with Crippen molar-refractivity contribution in [3.63, 3.8) is 0 Å². The predicted molar refractivity (Wildman–Crippen MR) is 116 cm³/mol. The highest BCUT2D eigenvalue weighted by molar-refractivity contribution is 7.71. The molecular formula is C21H31N3O3S. The van der Waals surface area contributed by atoms with Crippen LogP contribution in [-0.2, 0) is 11.3 Å². The van der Waals surface area contributed by atoms with Crippen molar-refractivity contribution >= 4 is 29.0 Å². The van der Waals surface area contributed by atoms with E-state index in [4.69, 9.17) is 17.0 Å². The molecule has 7 heteroatoms. The molecule has 0 aliphatic carbocycles. The number of hydrogen-bond donors (Lipinski definition) is 2. The summed E-state index contributed by atoms with van der Waals surface area (Å²) < 4.78 is 6.93. The summed E-state index contributed by atoms with van der Waals surface area (Å²) in [5, 5.41) is 3.55. The molecule has 0 saturated heterocycles. The molecule has 0 aliphatic rings. The summed E-state index contributed by atoms with van der Waals surface area (Å²) in [6.45, 7) is 7.48. The minimum Gasteiger partial charge on any atom is -0.385 e. The van der Waals surface area contributed by atoms with E-state index in [0.717, 1.165) is 19.3 Å². The lowest BCUT2D eigenvalue weighted by Crippen LogP contribution is -2.32. The standard InChI is InChI=1S/C21H31N3O3S/c1-14(2)7-5-8-15(3)22-19(25)16-9-10-17-18(13-16)23-21(28)24(20(17)26)11-6-12-27-4/h9-10,13-15H,5-8,11-12H2,1-4H3,(H,22,25)(H,23,28). The van der Waals surface area contributed by atoms with Gasteiger partial charge in [0, 0.05) is 31.9 Å². The Hall–Kier alpha value is -1.99. The Morgan fingerprint density at radius 1 is 1.25 bits per heavy atom. The maximum absolute atomic E-state index is 12.7. The topological polar surface area (TPSA) is 76.1 Å². The van der Waals surface area contributed by atoms with Crippen LogP contribution in [0.5, 0.6) is 0 Å². The molecule has 0 bridgehead atoms. The number of benzene rings is 1. The second kappa shape index (κ2) is 10.5. The highest BCUT2D eigenvalue weighted by Crippen LogP contribution is 2.13. The van der Waals surface area contributed by atoms with Gasteiger partial charge in [-0.1, -0.05) is 26.7 Å². The van der Waals surface area contributed by atoms with Crippen LogP contribution < -0.4 is 10.9 Å². The zero-order valence-electron chi connectivity index (χ0n) is 17.2. The van der Waals surface area contributed by atoms with E-state index in [2.05, 4.69) is 24.1 Å². The molecule has 1 aromatic heterocycles. The first-order valence-electron chi connectivity index (χ1n) is 9.90. The number of nitrogens with one attached hydrogen (secondary N) is 2. The Kier molecular flexibility index (Phi) is 8.38. The molecule has 2 N–H and O–H groups in total. The van der Waals surface area contributed by atoms with Gasteiger partial charge in [0.1, 0.15) is 0 Å². The van der Waals surface area contributed by atoms with Crippen molar-refractivity contribution in [1.82, 2.24) is 14.9 Å². The van der Waals surface area contributed by atoms with E-state index in [9.17, 15) is 9.59 Å². The van der Waals surface area contributed by atoms with Gasteiger partial charge in [0.2, 0.25) is 0 Å². The first-order valence-corrected chi connectivity index (χ1v) is 10.3. The van der Waals surface area contributed by atoms with Gasteiger partial charge >= 0.3 is 0 Å². The van der Waals surface area contributed by atoms with Crippen molar-refractivity contribution in [2.75, 3.05) is 13.7 Å². The van der Waals surface area contributed by atoms with Gasteiger partial charge in [-0.2, -0.15) is 0 Å². The van der Waals surface area contributed by atoms with Crippen LogP contribution in [0.2, 0.25) is 0 Å². The van der Waals surface area contributed by atoms with E-state index in [0.29, 0.717) is 46.7 Å². The van der Waals surface area contributed by atoms with Crippen LogP contribution in [0.1, 0.15) is 56.8 Å². The molecule has 2 aromatic rings. The summed E-state index contributed by atoms with van der Waals surface area (Å²) in [6, 6.07) is 5.18. The summed E-state index contributed by atoms with van der Waals surface area (Å²) in [5.41, 5.74) is 0.951. The quantitative estimate of drug-likeness (QED) is 0.462. The normalized spacial score (nSPS) is 12.5. The fourth-order valence-electron chi connectivity index (χ4n) is 3.18. The molecule has 154 valence electrons. The predicted octanol–water partition coefficient (Wildman–Crippen LogP) is 4.04. The molecule has 1 unspecified atom stereocenters. The number of fused-ring (bicyclic) bond motifs is 1. The third kappa shape index (κ3) is 6.01. The van der Waals surface area contributed by atoms with Crippen LogP contribution in [0.4, 0.5) is 0 Å². The van der Waals surface area contributed by atoms with Gasteiger partial charge in [0.05, 0.1) is 10.9 Å². The highest BCUT2D eigenvalue weighted by atomic mass is 32.1. The van der Waals surface area contributed by atoms with Crippen LogP contribution in [0.3, 0.4) is 0 Å². The smallest absolute Gasteiger partial charge is 0.262 e. The lowest BCUT2D eigenvalue weighted by atomic mass is 10.0. The molecule has 1 amide bonds. The number of carbonyl (C=O) groups is 1. The van der Waals surface area contributed by atoms with Gasteiger partial charge in [0.25, 0.3) is 11.5 Å². The Balaban J connectivity index is 2.15. The summed E-state index contributed by atoms with van der Waals surface area (Å²) in [7, 11) is 1.63. The number of aromatic amines is 1. The minimum atomic E-state index is -0.149. The molecule has 0 radical (unpaired) electrons. The van der Waals surface area contributed by atoms with Crippen molar-refractivity contribution in [3.8, 4) is 0 Å². The van der Waals surface area contributed by atoms with Crippen molar-refractivity contribution in [3.05, 3.63) is 38.9 Å². The number of ether oxygens (including phenoxy) is 1. The van der Waals surface area contributed by atoms with Gasteiger partial charge < -0.3 is 15.0 Å². The largest absolute Gasteiger partial charge is 0.385 e. The Labute approximate surface area is 171 Å². The van der Waals surface area contributed by atoms with Crippen molar-refractivity contribution in [1.29, 1.82) is 0 Å².